The number of carbonyl (C=O) groups is 2. The zero-order valence-corrected chi connectivity index (χ0v) is 17.2. The normalized spacial score (nSPS) is 20.0. The zero-order chi connectivity index (χ0) is 20.6. The molecule has 2 aliphatic heterocycles. The maximum atomic E-state index is 13.6. The van der Waals surface area contributed by atoms with Crippen molar-refractivity contribution < 1.29 is 19.5 Å². The van der Waals surface area contributed by atoms with Crippen LogP contribution in [-0.2, 0) is 9.59 Å². The lowest BCUT2D eigenvalue weighted by atomic mass is 9.95. The minimum atomic E-state index is -0.931. The second-order valence-electron chi connectivity index (χ2n) is 8.32. The van der Waals surface area contributed by atoms with E-state index in [-0.39, 0.29) is 17.9 Å². The fraction of sp³-hybridized carbons (Fsp3) is 0.409. The molecule has 1 aromatic carbocycles. The van der Waals surface area contributed by atoms with Crippen LogP contribution in [0.2, 0.25) is 0 Å². The number of aromatic nitrogens is 1. The van der Waals surface area contributed by atoms with Crippen molar-refractivity contribution in [1.82, 2.24) is 0 Å². The van der Waals surface area contributed by atoms with Crippen molar-refractivity contribution in [2.45, 2.75) is 32.4 Å². The van der Waals surface area contributed by atoms with E-state index in [0.717, 1.165) is 37.7 Å². The van der Waals surface area contributed by atoms with Gasteiger partial charge in [0.1, 0.15) is 31.7 Å². The molecule has 1 fully saturated rings. The standard InChI is InChI=1S/C22H27N5O2/c1-16(25-12-14-26(15-13-25)19-10-6-7-11-23-19)20(28)27-18-9-5-4-8-17(18)24-21(29)22(27,2)3/h4-11,16H,12-15H2,1-3H3,(H,24,29)/p+2/t16-/m1/s1. The van der Waals surface area contributed by atoms with Crippen LogP contribution in [0.3, 0.4) is 0 Å². The molecule has 152 valence electrons. The molecule has 0 radical (unpaired) electrons. The number of fused-ring (bicyclic) bond motifs is 1. The van der Waals surface area contributed by atoms with E-state index in [1.165, 1.54) is 4.90 Å². The number of nitrogens with one attached hydrogen (secondary N) is 3. The van der Waals surface area contributed by atoms with Gasteiger partial charge < -0.3 is 10.2 Å². The van der Waals surface area contributed by atoms with Crippen LogP contribution in [-0.4, -0.2) is 49.6 Å². The number of quaternary nitrogens is 1. The first-order chi connectivity index (χ1) is 13.9. The van der Waals surface area contributed by atoms with E-state index in [9.17, 15) is 9.59 Å². The fourth-order valence-electron chi connectivity index (χ4n) is 4.26. The third-order valence-corrected chi connectivity index (χ3v) is 6.15. The summed E-state index contributed by atoms with van der Waals surface area (Å²) in [6.07, 6.45) is 1.93. The molecule has 0 aliphatic carbocycles. The number of rotatable bonds is 3. The molecule has 0 saturated carbocycles. The topological polar surface area (TPSA) is 71.2 Å². The van der Waals surface area contributed by atoms with Crippen molar-refractivity contribution in [1.29, 1.82) is 0 Å². The summed E-state index contributed by atoms with van der Waals surface area (Å²) in [6, 6.07) is 13.4. The quantitative estimate of drug-likeness (QED) is 0.788. The summed E-state index contributed by atoms with van der Waals surface area (Å²) in [5.41, 5.74) is 0.530. The number of benzene rings is 1. The molecule has 1 aromatic heterocycles. The Labute approximate surface area is 171 Å². The summed E-state index contributed by atoms with van der Waals surface area (Å²) >= 11 is 0. The first kappa shape index (κ1) is 19.4. The fourth-order valence-corrected chi connectivity index (χ4v) is 4.26. The Kier molecular flexibility index (Phi) is 5.00. The number of hydrogen-bond acceptors (Lipinski definition) is 3. The Hall–Kier alpha value is -2.93. The van der Waals surface area contributed by atoms with E-state index in [2.05, 4.69) is 21.3 Å². The summed E-state index contributed by atoms with van der Waals surface area (Å²) in [5, 5.41) is 2.93. The summed E-state index contributed by atoms with van der Waals surface area (Å²) < 4.78 is 0. The van der Waals surface area contributed by atoms with Gasteiger partial charge in [-0.25, -0.2) is 4.98 Å². The minimum absolute atomic E-state index is 0.00739. The van der Waals surface area contributed by atoms with Crippen molar-refractivity contribution in [2.75, 3.05) is 41.3 Å². The predicted octanol–water partition coefficient (Wildman–Crippen LogP) is 0.358. The van der Waals surface area contributed by atoms with E-state index >= 15 is 0 Å². The van der Waals surface area contributed by atoms with Crippen LogP contribution in [0.25, 0.3) is 0 Å². The van der Waals surface area contributed by atoms with Crippen molar-refractivity contribution in [3.8, 4) is 0 Å². The van der Waals surface area contributed by atoms with Gasteiger partial charge in [-0.15, -0.1) is 0 Å². The molecule has 0 bridgehead atoms. The number of aromatic amines is 1. The monoisotopic (exact) mass is 395 g/mol. The van der Waals surface area contributed by atoms with Gasteiger partial charge in [0, 0.05) is 6.07 Å². The number of hydrogen-bond donors (Lipinski definition) is 2. The van der Waals surface area contributed by atoms with Crippen LogP contribution in [0.1, 0.15) is 20.8 Å². The van der Waals surface area contributed by atoms with Crippen molar-refractivity contribution >= 4 is 29.0 Å². The average Bonchev–Trinajstić information content (AvgIpc) is 2.74. The van der Waals surface area contributed by atoms with Gasteiger partial charge in [0.25, 0.3) is 11.7 Å². The highest BCUT2D eigenvalue weighted by molar-refractivity contribution is 6.14. The molecule has 3 heterocycles. The van der Waals surface area contributed by atoms with Gasteiger partial charge in [0.05, 0.1) is 17.6 Å². The summed E-state index contributed by atoms with van der Waals surface area (Å²) in [7, 11) is 0. The van der Waals surface area contributed by atoms with E-state index in [4.69, 9.17) is 0 Å². The summed E-state index contributed by atoms with van der Waals surface area (Å²) in [6.45, 7) is 9.10. The Bertz CT molecular complexity index is 906. The Morgan fingerprint density at radius 2 is 1.83 bits per heavy atom. The number of anilines is 3. The zero-order valence-electron chi connectivity index (χ0n) is 17.2. The number of pyridine rings is 1. The van der Waals surface area contributed by atoms with Crippen LogP contribution in [0, 0.1) is 0 Å². The van der Waals surface area contributed by atoms with Gasteiger partial charge in [0.2, 0.25) is 5.91 Å². The van der Waals surface area contributed by atoms with E-state index in [1.54, 1.807) is 18.7 Å². The third kappa shape index (κ3) is 3.46. The lowest BCUT2D eigenvalue weighted by molar-refractivity contribution is -0.914. The molecular formula is C22H29N5O2+2. The van der Waals surface area contributed by atoms with Crippen LogP contribution >= 0.6 is 0 Å². The highest BCUT2D eigenvalue weighted by Crippen LogP contribution is 2.36. The molecule has 2 amide bonds. The molecular weight excluding hydrogens is 366 g/mol. The van der Waals surface area contributed by atoms with Gasteiger partial charge in [-0.3, -0.25) is 19.4 Å². The molecule has 4 rings (SSSR count). The first-order valence-corrected chi connectivity index (χ1v) is 10.2. The maximum Gasteiger partial charge on any atom is 0.285 e. The highest BCUT2D eigenvalue weighted by atomic mass is 16.2. The summed E-state index contributed by atoms with van der Waals surface area (Å²) in [5.74, 6) is 0.941. The second kappa shape index (κ2) is 7.48. The number of nitrogens with zero attached hydrogens (tertiary/aromatic N) is 2. The molecule has 0 spiro atoms. The number of piperazine rings is 1. The van der Waals surface area contributed by atoms with E-state index in [1.807, 2.05) is 49.5 Å². The molecule has 2 aromatic rings. The number of carbonyl (C=O) groups excluding carboxylic acids is 2. The highest BCUT2D eigenvalue weighted by Gasteiger charge is 2.47. The molecule has 3 N–H and O–H groups in total. The Morgan fingerprint density at radius 3 is 2.52 bits per heavy atom. The van der Waals surface area contributed by atoms with Crippen LogP contribution in [0.5, 0.6) is 0 Å². The largest absolute Gasteiger partial charge is 0.322 e. The Morgan fingerprint density at radius 1 is 1.14 bits per heavy atom. The lowest BCUT2D eigenvalue weighted by Gasteiger charge is -2.44. The molecule has 1 atom stereocenters. The SMILES string of the molecule is C[C@H](C(=O)N1c2ccccc2NC(=O)C1(C)C)[NH+]1CCN(c2cccc[nH+]2)CC1. The molecule has 29 heavy (non-hydrogen) atoms. The Balaban J connectivity index is 1.51. The minimum Gasteiger partial charge on any atom is -0.322 e. The van der Waals surface area contributed by atoms with E-state index < -0.39 is 5.54 Å². The maximum absolute atomic E-state index is 13.6. The molecule has 7 heteroatoms. The number of amides is 2. The van der Waals surface area contributed by atoms with E-state index in [0.29, 0.717) is 5.69 Å². The molecule has 1 saturated heterocycles. The summed E-state index contributed by atoms with van der Waals surface area (Å²) in [4.78, 5) is 34.8. The molecule has 2 aliphatic rings. The molecule has 0 unspecified atom stereocenters. The van der Waals surface area contributed by atoms with Crippen molar-refractivity contribution in [3.05, 3.63) is 48.7 Å². The predicted molar refractivity (Wildman–Crippen MR) is 112 cm³/mol. The van der Waals surface area contributed by atoms with Gasteiger partial charge in [-0.05, 0) is 39.0 Å². The van der Waals surface area contributed by atoms with Gasteiger partial charge >= 0.3 is 0 Å². The number of H-pyrrole nitrogens is 1. The first-order valence-electron chi connectivity index (χ1n) is 10.2. The second-order valence-corrected chi connectivity index (χ2v) is 8.32. The van der Waals surface area contributed by atoms with Gasteiger partial charge in [-0.2, -0.15) is 0 Å². The number of para-hydroxylation sites is 2. The van der Waals surface area contributed by atoms with Crippen LogP contribution in [0.4, 0.5) is 17.2 Å². The van der Waals surface area contributed by atoms with Crippen LogP contribution in [0.15, 0.2) is 48.7 Å². The van der Waals surface area contributed by atoms with Crippen LogP contribution < -0.4 is 25.0 Å². The smallest absolute Gasteiger partial charge is 0.285 e. The third-order valence-electron chi connectivity index (χ3n) is 6.15. The van der Waals surface area contributed by atoms with Crippen molar-refractivity contribution in [2.24, 2.45) is 0 Å². The van der Waals surface area contributed by atoms with Gasteiger partial charge in [-0.1, -0.05) is 18.2 Å². The molecule has 7 nitrogen and oxygen atoms in total. The van der Waals surface area contributed by atoms with Crippen molar-refractivity contribution in [3.63, 3.8) is 0 Å². The average molecular weight is 396 g/mol. The van der Waals surface area contributed by atoms with Gasteiger partial charge in [0.15, 0.2) is 6.04 Å². The lowest BCUT2D eigenvalue weighted by Crippen LogP contribution is -3.19.